The minimum atomic E-state index is -4.63. The van der Waals surface area contributed by atoms with Gasteiger partial charge in [-0.05, 0) is 86.3 Å². The van der Waals surface area contributed by atoms with Gasteiger partial charge in [-0.25, -0.2) is 16.8 Å². The predicted octanol–water partition coefficient (Wildman–Crippen LogP) is 7.01. The highest BCUT2D eigenvalue weighted by atomic mass is 32.3. The first-order valence-corrected chi connectivity index (χ1v) is 23.8. The van der Waals surface area contributed by atoms with E-state index in [4.69, 9.17) is 9.15 Å². The highest BCUT2D eigenvalue weighted by Gasteiger charge is 2.35. The maximum atomic E-state index is 14.6. The molecule has 4 aliphatic heterocycles. The number of nitrogens with zero attached hydrogens (tertiary/aromatic N) is 3. The Balaban J connectivity index is 1.20. The van der Waals surface area contributed by atoms with Crippen molar-refractivity contribution in [1.82, 2.24) is 8.88 Å². The Morgan fingerprint density at radius 1 is 0.833 bits per heavy atom. The summed E-state index contributed by atoms with van der Waals surface area (Å²) in [6.07, 6.45) is 1.79. The minimum Gasteiger partial charge on any atom is -0.744 e. The van der Waals surface area contributed by atoms with Crippen molar-refractivity contribution in [1.29, 1.82) is 0 Å². The molecule has 3 N–H and O–H groups in total. The van der Waals surface area contributed by atoms with E-state index in [-0.39, 0.29) is 46.3 Å². The quantitative estimate of drug-likeness (QED) is 0.0613. The van der Waals surface area contributed by atoms with Gasteiger partial charge in [-0.2, -0.15) is 8.88 Å². The van der Waals surface area contributed by atoms with Crippen molar-refractivity contribution in [2.75, 3.05) is 37.7 Å². The zero-order valence-corrected chi connectivity index (χ0v) is 34.8. The van der Waals surface area contributed by atoms with Crippen LogP contribution < -0.4 is 14.8 Å². The molecule has 0 radical (unpaired) electrons. The van der Waals surface area contributed by atoms with Gasteiger partial charge in [0, 0.05) is 83.3 Å². The number of ether oxygens (including phenoxy) is 1. The number of carbonyl (C=O) groups is 1. The largest absolute Gasteiger partial charge is 0.744 e. The summed E-state index contributed by atoms with van der Waals surface area (Å²) in [5, 5.41) is 1.43. The summed E-state index contributed by atoms with van der Waals surface area (Å²) in [7, 11) is -12.6. The molecule has 0 unspecified atom stereocenters. The van der Waals surface area contributed by atoms with Crippen molar-refractivity contribution < 1.29 is 49.0 Å². The van der Waals surface area contributed by atoms with Crippen LogP contribution >= 0.6 is 10.9 Å². The molecule has 9 rings (SSSR count). The van der Waals surface area contributed by atoms with Gasteiger partial charge >= 0.3 is 5.97 Å². The number of carbonyl (C=O) groups excluding carboxylic acids is 1. The first kappa shape index (κ1) is 40.3. The van der Waals surface area contributed by atoms with Gasteiger partial charge in [-0.15, -0.1) is 0 Å². The molecular weight excluding hydrogens is 831 g/mol. The molecule has 4 heterocycles. The predicted molar refractivity (Wildman–Crippen MR) is 225 cm³/mol. The van der Waals surface area contributed by atoms with Crippen LogP contribution in [0.2, 0.25) is 0 Å². The number of piperidine rings is 1. The van der Waals surface area contributed by atoms with Gasteiger partial charge in [-0.3, -0.25) is 4.79 Å². The van der Waals surface area contributed by atoms with Crippen molar-refractivity contribution in [3.8, 4) is 22.5 Å². The first-order chi connectivity index (χ1) is 28.6. The third-order valence-corrected chi connectivity index (χ3v) is 15.3. The molecular formula is C43H41N3O11S3. The molecule has 312 valence electrons. The number of esters is 1. The van der Waals surface area contributed by atoms with E-state index >= 15 is 0 Å². The fourth-order valence-electron chi connectivity index (χ4n) is 8.74. The Labute approximate surface area is 348 Å². The summed E-state index contributed by atoms with van der Waals surface area (Å²) in [4.78, 5) is 14.4. The molecule has 14 nitrogen and oxygen atoms in total. The fourth-order valence-corrected chi connectivity index (χ4v) is 11.5. The molecule has 0 atom stereocenters. The summed E-state index contributed by atoms with van der Waals surface area (Å²) in [5.74, 6) is -0.222. The van der Waals surface area contributed by atoms with Gasteiger partial charge in [-0.1, -0.05) is 18.2 Å². The molecule has 4 aromatic carbocycles. The number of sulfonamides is 1. The van der Waals surface area contributed by atoms with E-state index in [0.29, 0.717) is 72.2 Å². The van der Waals surface area contributed by atoms with Gasteiger partial charge in [0.2, 0.25) is 21.1 Å². The van der Waals surface area contributed by atoms with Crippen LogP contribution in [0.4, 0.5) is 17.1 Å². The lowest BCUT2D eigenvalue weighted by Crippen LogP contribution is -2.40. The second-order valence-corrected chi connectivity index (χ2v) is 19.9. The molecule has 1 fully saturated rings. The number of fused-ring (bicyclic) bond motifs is 4. The van der Waals surface area contributed by atoms with Gasteiger partial charge in [0.05, 0.1) is 33.3 Å². The van der Waals surface area contributed by atoms with Crippen LogP contribution in [-0.4, -0.2) is 78.1 Å². The fraction of sp³-hybridized carbons (Fsp3) is 0.256. The van der Waals surface area contributed by atoms with E-state index in [1.165, 1.54) is 22.5 Å². The highest BCUT2D eigenvalue weighted by Crippen LogP contribution is 2.47. The lowest BCUT2D eigenvalue weighted by molar-refractivity contribution is -0.149. The van der Waals surface area contributed by atoms with E-state index in [1.807, 2.05) is 41.3 Å². The van der Waals surface area contributed by atoms with E-state index in [0.717, 1.165) is 33.5 Å². The van der Waals surface area contributed by atoms with Crippen LogP contribution in [0.15, 0.2) is 116 Å². The van der Waals surface area contributed by atoms with Gasteiger partial charge < -0.3 is 32.3 Å². The van der Waals surface area contributed by atoms with Crippen LogP contribution in [0.3, 0.4) is 0 Å². The van der Waals surface area contributed by atoms with Crippen LogP contribution in [-0.2, 0) is 42.5 Å². The van der Waals surface area contributed by atoms with E-state index in [9.17, 15) is 39.8 Å². The Hall–Kier alpha value is -5.11. The van der Waals surface area contributed by atoms with Crippen molar-refractivity contribution in [3.63, 3.8) is 0 Å². The summed E-state index contributed by atoms with van der Waals surface area (Å²) in [6.45, 7) is 3.41. The molecule has 1 saturated heterocycles. The molecule has 0 amide bonds. The molecule has 0 spiro atoms. The van der Waals surface area contributed by atoms with E-state index in [1.54, 1.807) is 49.4 Å². The SMILES string of the molecule is CCOC(=O)C1CCN(S(=O)(=O)c2ccccc2-c2c3ccc(=[N+]4CCc5cc(S(O)(O)O)ccc54)cc-3oc3cc(N4CCc5cc(S(=O)(=O)[O-])ccc54)ccc23)CC1. The molecule has 1 aliphatic carbocycles. The smallest absolute Gasteiger partial charge is 0.309 e. The third-order valence-electron chi connectivity index (χ3n) is 11.7. The van der Waals surface area contributed by atoms with Crippen molar-refractivity contribution in [3.05, 3.63) is 114 Å². The van der Waals surface area contributed by atoms with Crippen LogP contribution in [0.5, 0.6) is 0 Å². The topological polar surface area (TPSA) is 201 Å². The maximum Gasteiger partial charge on any atom is 0.309 e. The summed E-state index contributed by atoms with van der Waals surface area (Å²) < 4.78 is 110. The third kappa shape index (κ3) is 7.17. The Bertz CT molecular complexity index is 2990. The maximum absolute atomic E-state index is 14.6. The average Bonchev–Trinajstić information content (AvgIpc) is 3.86. The molecule has 4 aromatic rings. The monoisotopic (exact) mass is 871 g/mol. The normalized spacial score (nSPS) is 17.6. The highest BCUT2D eigenvalue weighted by molar-refractivity contribution is 8.19. The minimum absolute atomic E-state index is 0.0389. The summed E-state index contributed by atoms with van der Waals surface area (Å²) in [5.41, 5.74) is 6.10. The molecule has 0 aromatic heterocycles. The van der Waals surface area contributed by atoms with Crippen LogP contribution in [0.1, 0.15) is 30.9 Å². The van der Waals surface area contributed by atoms with Crippen molar-refractivity contribution in [2.45, 2.75) is 47.3 Å². The van der Waals surface area contributed by atoms with Gasteiger partial charge in [0.1, 0.15) is 32.3 Å². The number of benzene rings is 5. The molecule has 0 saturated carbocycles. The number of anilines is 2. The van der Waals surface area contributed by atoms with Crippen molar-refractivity contribution >= 4 is 65.0 Å². The molecule has 60 heavy (non-hydrogen) atoms. The molecule has 0 bridgehead atoms. The Morgan fingerprint density at radius 3 is 2.33 bits per heavy atom. The number of hydrogen-bond donors (Lipinski definition) is 3. The molecule has 5 aliphatic rings. The van der Waals surface area contributed by atoms with E-state index in [2.05, 4.69) is 4.58 Å². The Kier molecular flexibility index (Phi) is 10.1. The zero-order valence-electron chi connectivity index (χ0n) is 32.4. The lowest BCUT2D eigenvalue weighted by Gasteiger charge is -2.31. The molecule has 17 heteroatoms. The average molecular weight is 872 g/mol. The zero-order chi connectivity index (χ0) is 42.1. The standard InChI is InChI=1S/C43H41N3O11S3/c1-2-56-43(47)27-15-19-44(20-16-27)58(48,49)41-6-4-3-5-36(41)42-34-11-7-30(45-21-17-28-23-32(59(50,51)52)9-13-37(28)45)25-39(34)57-40-26-31(8-12-35(40)42)46-22-18-29-24-33(60(53,54)55)10-14-38(29)46/h3-14,23-27H,2,15-22H2,1H3,(H3-,50,51,52,53,54,55). The van der Waals surface area contributed by atoms with Gasteiger partial charge in [0.15, 0.2) is 6.54 Å². The lowest BCUT2D eigenvalue weighted by atomic mass is 9.93. The summed E-state index contributed by atoms with van der Waals surface area (Å²) >= 11 is 0. The van der Waals surface area contributed by atoms with Gasteiger partial charge in [0.25, 0.3) is 0 Å². The Morgan fingerprint density at radius 2 is 1.58 bits per heavy atom. The first-order valence-electron chi connectivity index (χ1n) is 19.5. The summed E-state index contributed by atoms with van der Waals surface area (Å²) in [6, 6.07) is 27.4. The van der Waals surface area contributed by atoms with Crippen LogP contribution in [0.25, 0.3) is 33.4 Å². The number of hydrogen-bond acceptors (Lipinski definition) is 12. The second-order valence-electron chi connectivity index (χ2n) is 15.1. The van der Waals surface area contributed by atoms with E-state index < -0.39 is 31.0 Å². The number of rotatable bonds is 8. The second kappa shape index (κ2) is 15.1. The van der Waals surface area contributed by atoms with Crippen LogP contribution in [0, 0.1) is 5.92 Å². The van der Waals surface area contributed by atoms with Crippen molar-refractivity contribution in [2.24, 2.45) is 5.92 Å².